The second-order valence-corrected chi connectivity index (χ2v) is 1.16. The monoisotopic (exact) mass is 109 g/mol. The Morgan fingerprint density at radius 1 is 1.88 bits per heavy atom. The number of aromatic amines is 1. The number of hydrogen-bond acceptors (Lipinski definition) is 3. The Labute approximate surface area is 45.3 Å². The fraction of sp³-hybridized carbons (Fsp3) is 0. The number of nitrogens with zero attached hydrogens (tertiary/aromatic N) is 2. The Morgan fingerprint density at radius 2 is 2.75 bits per heavy atom. The molecule has 0 atom stereocenters. The zero-order valence-corrected chi connectivity index (χ0v) is 3.96. The van der Waals surface area contributed by atoms with Crippen LogP contribution in [0.3, 0.4) is 0 Å². The summed E-state index contributed by atoms with van der Waals surface area (Å²) >= 11 is 0. The summed E-state index contributed by atoms with van der Waals surface area (Å²) in [4.78, 5) is 12.8. The average Bonchev–Trinajstić information content (AvgIpc) is 2.19. The summed E-state index contributed by atoms with van der Waals surface area (Å²) in [5.74, 6) is 0. The lowest BCUT2D eigenvalue weighted by molar-refractivity contribution is 0.565. The van der Waals surface area contributed by atoms with Gasteiger partial charge in [-0.15, -0.1) is 0 Å². The first-order valence-corrected chi connectivity index (χ1v) is 2.00. The molecule has 0 aromatic carbocycles. The van der Waals surface area contributed by atoms with E-state index < -0.39 is 0 Å². The van der Waals surface area contributed by atoms with E-state index in [2.05, 4.69) is 15.2 Å². The quantitative estimate of drug-likeness (QED) is 0.418. The summed E-state index contributed by atoms with van der Waals surface area (Å²) in [6.45, 7) is 0. The third kappa shape index (κ3) is 0.802. The van der Waals surface area contributed by atoms with Crippen molar-refractivity contribution in [3.63, 3.8) is 0 Å². The fourth-order valence-electron chi connectivity index (χ4n) is 0.358. The standard InChI is InChI=1S/C4H3N3O/c8-3-5-4-1-6-7-2-4/h1-2H,(H,6,7). The third-order valence-electron chi connectivity index (χ3n) is 0.659. The molecule has 0 aliphatic heterocycles. The first-order valence-electron chi connectivity index (χ1n) is 2.00. The predicted octanol–water partition coefficient (Wildman–Crippen LogP) is 0.377. The van der Waals surface area contributed by atoms with Gasteiger partial charge in [0.15, 0.2) is 0 Å². The molecule has 0 saturated heterocycles. The van der Waals surface area contributed by atoms with Crippen molar-refractivity contribution in [1.29, 1.82) is 0 Å². The zero-order valence-electron chi connectivity index (χ0n) is 3.96. The van der Waals surface area contributed by atoms with Gasteiger partial charge in [-0.2, -0.15) is 10.1 Å². The Bertz CT molecular complexity index is 197. The van der Waals surface area contributed by atoms with Crippen LogP contribution in [0.1, 0.15) is 0 Å². The van der Waals surface area contributed by atoms with Crippen molar-refractivity contribution in [3.8, 4) is 0 Å². The lowest BCUT2D eigenvalue weighted by Crippen LogP contribution is -1.53. The zero-order chi connectivity index (χ0) is 5.82. The average molecular weight is 109 g/mol. The molecule has 1 aromatic rings. The molecular weight excluding hydrogens is 106 g/mol. The summed E-state index contributed by atoms with van der Waals surface area (Å²) in [7, 11) is 0. The molecule has 0 spiro atoms. The summed E-state index contributed by atoms with van der Waals surface area (Å²) in [6, 6.07) is 0. The van der Waals surface area contributed by atoms with Crippen LogP contribution in [0.15, 0.2) is 17.4 Å². The van der Waals surface area contributed by atoms with Crippen LogP contribution < -0.4 is 0 Å². The second-order valence-electron chi connectivity index (χ2n) is 1.16. The van der Waals surface area contributed by atoms with E-state index in [0.717, 1.165) is 0 Å². The Kier molecular flexibility index (Phi) is 1.21. The molecule has 0 unspecified atom stereocenters. The van der Waals surface area contributed by atoms with Gasteiger partial charge in [0.2, 0.25) is 6.08 Å². The molecule has 1 aromatic heterocycles. The highest BCUT2D eigenvalue weighted by Crippen LogP contribution is 2.02. The number of aliphatic imine (C=N–C) groups is 1. The highest BCUT2D eigenvalue weighted by Gasteiger charge is 1.83. The van der Waals surface area contributed by atoms with E-state index in [1.165, 1.54) is 18.5 Å². The normalized spacial score (nSPS) is 8.00. The molecule has 0 radical (unpaired) electrons. The second kappa shape index (κ2) is 2.04. The van der Waals surface area contributed by atoms with Crippen LogP contribution in [-0.4, -0.2) is 16.3 Å². The van der Waals surface area contributed by atoms with Crippen molar-refractivity contribution >= 4 is 11.8 Å². The molecule has 0 saturated carbocycles. The third-order valence-corrected chi connectivity index (χ3v) is 0.659. The number of hydrogen-bond donors (Lipinski definition) is 1. The van der Waals surface area contributed by atoms with Gasteiger partial charge in [0, 0.05) is 6.20 Å². The van der Waals surface area contributed by atoms with Crippen LogP contribution in [0, 0.1) is 0 Å². The van der Waals surface area contributed by atoms with Gasteiger partial charge in [-0.25, -0.2) is 4.79 Å². The van der Waals surface area contributed by atoms with Crippen molar-refractivity contribution in [1.82, 2.24) is 10.2 Å². The van der Waals surface area contributed by atoms with Gasteiger partial charge < -0.3 is 0 Å². The fourth-order valence-corrected chi connectivity index (χ4v) is 0.358. The van der Waals surface area contributed by atoms with Gasteiger partial charge in [-0.3, -0.25) is 5.10 Å². The summed E-state index contributed by atoms with van der Waals surface area (Å²) in [5, 5.41) is 6.04. The molecule has 40 valence electrons. The number of rotatable bonds is 1. The highest BCUT2D eigenvalue weighted by molar-refractivity contribution is 5.45. The highest BCUT2D eigenvalue weighted by atomic mass is 16.1. The van der Waals surface area contributed by atoms with Crippen LogP contribution in [0.5, 0.6) is 0 Å². The maximum absolute atomic E-state index is 9.54. The minimum absolute atomic E-state index is 0.500. The smallest absolute Gasteiger partial charge is 0.240 e. The maximum atomic E-state index is 9.54. The molecule has 0 amide bonds. The molecule has 1 N–H and O–H groups in total. The van der Waals surface area contributed by atoms with E-state index in [1.54, 1.807) is 0 Å². The lowest BCUT2D eigenvalue weighted by Gasteiger charge is -1.66. The molecule has 1 heterocycles. The molecule has 4 nitrogen and oxygen atoms in total. The first kappa shape index (κ1) is 4.74. The summed E-state index contributed by atoms with van der Waals surface area (Å²) < 4.78 is 0. The van der Waals surface area contributed by atoms with E-state index in [1.807, 2.05) is 0 Å². The number of nitrogens with one attached hydrogen (secondary N) is 1. The topological polar surface area (TPSA) is 58.1 Å². The molecular formula is C4H3N3O. The van der Waals surface area contributed by atoms with Crippen molar-refractivity contribution in [2.24, 2.45) is 4.99 Å². The van der Waals surface area contributed by atoms with Gasteiger partial charge in [0.1, 0.15) is 5.69 Å². The molecule has 8 heavy (non-hydrogen) atoms. The lowest BCUT2D eigenvalue weighted by atomic mass is 10.6. The van der Waals surface area contributed by atoms with Crippen molar-refractivity contribution < 1.29 is 4.79 Å². The number of carbonyl (C=O) groups excluding carboxylic acids is 1. The van der Waals surface area contributed by atoms with Gasteiger partial charge in [-0.05, 0) is 0 Å². The van der Waals surface area contributed by atoms with E-state index >= 15 is 0 Å². The largest absolute Gasteiger partial charge is 0.283 e. The summed E-state index contributed by atoms with van der Waals surface area (Å²) in [5.41, 5.74) is 0.500. The Balaban J connectivity index is 2.93. The number of aromatic nitrogens is 2. The van der Waals surface area contributed by atoms with Crippen molar-refractivity contribution in [2.75, 3.05) is 0 Å². The number of isocyanates is 1. The Hall–Kier alpha value is -1.41. The molecule has 0 aliphatic carbocycles. The molecule has 0 aliphatic rings. The van der Waals surface area contributed by atoms with Gasteiger partial charge in [-0.1, -0.05) is 0 Å². The molecule has 0 fully saturated rings. The van der Waals surface area contributed by atoms with Crippen LogP contribution >= 0.6 is 0 Å². The maximum Gasteiger partial charge on any atom is 0.240 e. The first-order chi connectivity index (χ1) is 3.93. The molecule has 0 bridgehead atoms. The molecule has 1 rings (SSSR count). The van der Waals surface area contributed by atoms with Crippen molar-refractivity contribution in [2.45, 2.75) is 0 Å². The minimum Gasteiger partial charge on any atom is -0.283 e. The molecule has 4 heteroatoms. The Morgan fingerprint density at radius 3 is 3.25 bits per heavy atom. The van der Waals surface area contributed by atoms with E-state index in [-0.39, 0.29) is 0 Å². The van der Waals surface area contributed by atoms with Crippen LogP contribution in [0.4, 0.5) is 5.69 Å². The minimum atomic E-state index is 0.500. The van der Waals surface area contributed by atoms with Crippen LogP contribution in [-0.2, 0) is 4.79 Å². The van der Waals surface area contributed by atoms with Crippen molar-refractivity contribution in [3.05, 3.63) is 12.4 Å². The van der Waals surface area contributed by atoms with Gasteiger partial charge in [0.25, 0.3) is 0 Å². The number of H-pyrrole nitrogens is 1. The van der Waals surface area contributed by atoms with Gasteiger partial charge in [0.05, 0.1) is 6.20 Å². The van der Waals surface area contributed by atoms with E-state index in [4.69, 9.17) is 0 Å². The van der Waals surface area contributed by atoms with E-state index in [0.29, 0.717) is 5.69 Å². The van der Waals surface area contributed by atoms with Crippen LogP contribution in [0.25, 0.3) is 0 Å². The van der Waals surface area contributed by atoms with Gasteiger partial charge >= 0.3 is 0 Å². The van der Waals surface area contributed by atoms with Crippen LogP contribution in [0.2, 0.25) is 0 Å². The SMILES string of the molecule is O=C=Nc1cn[nH]c1. The van der Waals surface area contributed by atoms with E-state index in [9.17, 15) is 4.79 Å². The predicted molar refractivity (Wildman–Crippen MR) is 26.4 cm³/mol. The summed E-state index contributed by atoms with van der Waals surface area (Å²) in [6.07, 6.45) is 4.33.